The van der Waals surface area contributed by atoms with Gasteiger partial charge in [0.05, 0.1) is 24.4 Å². The maximum absolute atomic E-state index is 13.6. The highest BCUT2D eigenvalue weighted by molar-refractivity contribution is 6.16. The second-order valence-electron chi connectivity index (χ2n) is 11.0. The van der Waals surface area contributed by atoms with Crippen LogP contribution in [-0.2, 0) is 19.2 Å². The summed E-state index contributed by atoms with van der Waals surface area (Å²) in [6, 6.07) is 20.7. The van der Waals surface area contributed by atoms with E-state index >= 15 is 0 Å². The van der Waals surface area contributed by atoms with Gasteiger partial charge in [0.15, 0.2) is 5.78 Å². The van der Waals surface area contributed by atoms with Crippen molar-refractivity contribution in [2.75, 3.05) is 0 Å². The van der Waals surface area contributed by atoms with Crippen molar-refractivity contribution >= 4 is 29.4 Å². The molecule has 1 aromatic heterocycles. The van der Waals surface area contributed by atoms with Gasteiger partial charge in [0.1, 0.15) is 11.6 Å². The molecule has 216 valence electrons. The van der Waals surface area contributed by atoms with E-state index in [0.29, 0.717) is 0 Å². The van der Waals surface area contributed by atoms with Crippen molar-refractivity contribution in [1.82, 2.24) is 20.9 Å². The standard InChI is InChI=1S/C33H34N4O5/c1-20-28(33(42)37-31(20)40)30(39)29(23-14-8-9-15-23)36-27(38)19-25(22-12-6-3-7-13-22)35-32(41)26-18-24(16-17-34-26)21-10-4-2-5-11-21/h2-7,10-13,16-18,20,23,25,28-29H,8-9,14-15,19H2,1H3,(H,35,41)(H,36,38)(H,37,40,42)/t20-,25-,28+,29-/m0/s1. The second-order valence-corrected chi connectivity index (χ2v) is 11.0. The van der Waals surface area contributed by atoms with Crippen molar-refractivity contribution in [3.63, 3.8) is 0 Å². The van der Waals surface area contributed by atoms with Crippen molar-refractivity contribution in [3.05, 3.63) is 90.3 Å². The number of carbonyl (C=O) groups excluding carboxylic acids is 5. The van der Waals surface area contributed by atoms with Crippen LogP contribution in [-0.4, -0.2) is 40.4 Å². The zero-order valence-corrected chi connectivity index (χ0v) is 23.4. The number of pyridine rings is 1. The maximum Gasteiger partial charge on any atom is 0.270 e. The molecule has 3 N–H and O–H groups in total. The van der Waals surface area contributed by atoms with E-state index in [9.17, 15) is 24.0 Å². The molecule has 2 aliphatic rings. The van der Waals surface area contributed by atoms with Crippen LogP contribution < -0.4 is 16.0 Å². The Morgan fingerprint density at radius 1 is 0.881 bits per heavy atom. The van der Waals surface area contributed by atoms with E-state index in [-0.39, 0.29) is 18.0 Å². The summed E-state index contributed by atoms with van der Waals surface area (Å²) in [5.74, 6) is -4.44. The first-order valence-corrected chi connectivity index (χ1v) is 14.4. The van der Waals surface area contributed by atoms with Gasteiger partial charge in [-0.2, -0.15) is 0 Å². The first kappa shape index (κ1) is 28.9. The van der Waals surface area contributed by atoms with E-state index in [1.165, 1.54) is 0 Å². The number of rotatable bonds is 10. The molecule has 2 heterocycles. The van der Waals surface area contributed by atoms with Gasteiger partial charge in [-0.1, -0.05) is 80.4 Å². The van der Waals surface area contributed by atoms with Gasteiger partial charge in [0.2, 0.25) is 17.7 Å². The molecular formula is C33H34N4O5. The summed E-state index contributed by atoms with van der Waals surface area (Å²) in [4.78, 5) is 69.3. The Morgan fingerprint density at radius 2 is 1.55 bits per heavy atom. The molecule has 42 heavy (non-hydrogen) atoms. The van der Waals surface area contributed by atoms with Crippen LogP contribution >= 0.6 is 0 Å². The smallest absolute Gasteiger partial charge is 0.270 e. The average molecular weight is 567 g/mol. The van der Waals surface area contributed by atoms with Crippen LogP contribution in [0.3, 0.4) is 0 Å². The number of hydrogen-bond acceptors (Lipinski definition) is 6. The lowest BCUT2D eigenvalue weighted by Crippen LogP contribution is -2.50. The molecular weight excluding hydrogens is 532 g/mol. The zero-order valence-electron chi connectivity index (χ0n) is 23.4. The van der Waals surface area contributed by atoms with Crippen LogP contribution in [0.25, 0.3) is 11.1 Å². The van der Waals surface area contributed by atoms with Crippen molar-refractivity contribution in [2.24, 2.45) is 17.8 Å². The van der Waals surface area contributed by atoms with E-state index in [2.05, 4.69) is 20.9 Å². The van der Waals surface area contributed by atoms with Crippen molar-refractivity contribution in [3.8, 4) is 11.1 Å². The third kappa shape index (κ3) is 6.46. The van der Waals surface area contributed by atoms with Gasteiger partial charge in [0.25, 0.3) is 5.91 Å². The van der Waals surface area contributed by atoms with Crippen LogP contribution in [0.15, 0.2) is 79.0 Å². The number of hydrogen-bond donors (Lipinski definition) is 3. The highest BCUT2D eigenvalue weighted by atomic mass is 16.2. The Hall–Kier alpha value is -4.66. The van der Waals surface area contributed by atoms with Crippen LogP contribution in [0.5, 0.6) is 0 Å². The second kappa shape index (κ2) is 12.9. The number of benzene rings is 2. The number of imide groups is 1. The third-order valence-electron chi connectivity index (χ3n) is 8.24. The number of nitrogens with one attached hydrogen (secondary N) is 3. The van der Waals surface area contributed by atoms with Gasteiger partial charge in [-0.05, 0) is 47.6 Å². The van der Waals surface area contributed by atoms with Crippen LogP contribution in [0.4, 0.5) is 0 Å². The van der Waals surface area contributed by atoms with E-state index in [0.717, 1.165) is 42.4 Å². The van der Waals surface area contributed by atoms with E-state index in [1.54, 1.807) is 19.2 Å². The quantitative estimate of drug-likeness (QED) is 0.253. The monoisotopic (exact) mass is 566 g/mol. The fraction of sp³-hybridized carbons (Fsp3) is 0.333. The summed E-state index contributed by atoms with van der Waals surface area (Å²) in [6.45, 7) is 1.55. The summed E-state index contributed by atoms with van der Waals surface area (Å²) in [7, 11) is 0. The summed E-state index contributed by atoms with van der Waals surface area (Å²) in [6.07, 6.45) is 4.78. The van der Waals surface area contributed by atoms with Crippen LogP contribution in [0.2, 0.25) is 0 Å². The minimum atomic E-state index is -1.13. The highest BCUT2D eigenvalue weighted by Crippen LogP contribution is 2.32. The Kier molecular flexibility index (Phi) is 8.85. The van der Waals surface area contributed by atoms with Gasteiger partial charge < -0.3 is 10.6 Å². The molecule has 1 aliphatic heterocycles. The Labute approximate surface area is 244 Å². The maximum atomic E-state index is 13.6. The largest absolute Gasteiger partial charge is 0.346 e. The molecule has 1 saturated carbocycles. The van der Waals surface area contributed by atoms with Crippen LogP contribution in [0.1, 0.15) is 61.1 Å². The fourth-order valence-corrected chi connectivity index (χ4v) is 5.92. The molecule has 9 heteroatoms. The van der Waals surface area contributed by atoms with Gasteiger partial charge in [-0.15, -0.1) is 0 Å². The van der Waals surface area contributed by atoms with E-state index in [4.69, 9.17) is 0 Å². The molecule has 4 amide bonds. The predicted octanol–water partition coefficient (Wildman–Crippen LogP) is 3.76. The predicted molar refractivity (Wildman–Crippen MR) is 156 cm³/mol. The minimum absolute atomic E-state index is 0.119. The molecule has 0 spiro atoms. The van der Waals surface area contributed by atoms with Gasteiger partial charge >= 0.3 is 0 Å². The Bertz CT molecular complexity index is 1470. The fourth-order valence-electron chi connectivity index (χ4n) is 5.92. The molecule has 3 aromatic rings. The number of Topliss-reactive ketones (excluding diaryl/α,β-unsaturated/α-hetero) is 1. The average Bonchev–Trinajstić information content (AvgIpc) is 3.63. The van der Waals surface area contributed by atoms with Gasteiger partial charge in [-0.25, -0.2) is 0 Å². The molecule has 2 aromatic carbocycles. The summed E-state index contributed by atoms with van der Waals surface area (Å²) in [5, 5.41) is 8.08. The molecule has 1 aliphatic carbocycles. The minimum Gasteiger partial charge on any atom is -0.346 e. The lowest BCUT2D eigenvalue weighted by atomic mass is 9.83. The van der Waals surface area contributed by atoms with Crippen LogP contribution in [0, 0.1) is 17.8 Å². The summed E-state index contributed by atoms with van der Waals surface area (Å²) < 4.78 is 0. The van der Waals surface area contributed by atoms with Crippen molar-refractivity contribution < 1.29 is 24.0 Å². The molecule has 9 nitrogen and oxygen atoms in total. The van der Waals surface area contributed by atoms with Gasteiger partial charge in [0, 0.05) is 6.20 Å². The SMILES string of the molecule is C[C@@H]1C(=O)NC(=O)[C@H]1C(=O)[C@@H](NC(=O)C[C@H](NC(=O)c1cc(-c2ccccc2)ccn1)c1ccccc1)C1CCCC1. The Morgan fingerprint density at radius 3 is 2.19 bits per heavy atom. The Balaban J connectivity index is 1.34. The summed E-state index contributed by atoms with van der Waals surface area (Å²) >= 11 is 0. The molecule has 0 unspecified atom stereocenters. The normalized spacial score (nSPS) is 20.0. The zero-order chi connectivity index (χ0) is 29.6. The van der Waals surface area contributed by atoms with Crippen molar-refractivity contribution in [1.29, 1.82) is 0 Å². The molecule has 1 saturated heterocycles. The first-order chi connectivity index (χ1) is 20.3. The van der Waals surface area contributed by atoms with Crippen molar-refractivity contribution in [2.45, 2.75) is 51.1 Å². The van der Waals surface area contributed by atoms with E-state index in [1.807, 2.05) is 66.7 Å². The number of amides is 4. The molecule has 0 bridgehead atoms. The number of ketones is 1. The third-order valence-corrected chi connectivity index (χ3v) is 8.24. The molecule has 2 fully saturated rings. The number of carbonyl (C=O) groups is 5. The van der Waals surface area contributed by atoms with E-state index < -0.39 is 53.3 Å². The number of nitrogens with zero attached hydrogens (tertiary/aromatic N) is 1. The summed E-state index contributed by atoms with van der Waals surface area (Å²) in [5.41, 5.74) is 2.72. The lowest BCUT2D eigenvalue weighted by Gasteiger charge is -2.27. The molecule has 4 atom stereocenters. The number of aromatic nitrogens is 1. The lowest BCUT2D eigenvalue weighted by molar-refractivity contribution is -0.137. The topological polar surface area (TPSA) is 134 Å². The molecule has 0 radical (unpaired) electrons. The highest BCUT2D eigenvalue weighted by Gasteiger charge is 2.47. The molecule has 5 rings (SSSR count). The first-order valence-electron chi connectivity index (χ1n) is 14.4. The van der Waals surface area contributed by atoms with Gasteiger partial charge in [-0.3, -0.25) is 34.3 Å².